The fraction of sp³-hybridized carbons (Fsp3) is 1.00. The second-order valence-electron chi connectivity index (χ2n) is 7.64. The lowest BCUT2D eigenvalue weighted by atomic mass is 9.75. The predicted molar refractivity (Wildman–Crippen MR) is 92.0 cm³/mol. The molecule has 172 valence electrons. The Bertz CT molecular complexity index is 522. The second-order valence-corrected chi connectivity index (χ2v) is 7.64. The van der Waals surface area contributed by atoms with Crippen molar-refractivity contribution in [1.82, 2.24) is 4.90 Å². The van der Waals surface area contributed by atoms with E-state index in [2.05, 4.69) is 0 Å². The van der Waals surface area contributed by atoms with Crippen LogP contribution >= 0.6 is 0 Å². The summed E-state index contributed by atoms with van der Waals surface area (Å²) in [6, 6.07) is -2.64. The van der Waals surface area contributed by atoms with Gasteiger partial charge in [0.05, 0.1) is 38.6 Å². The minimum atomic E-state index is -2.27. The van der Waals surface area contributed by atoms with E-state index in [0.29, 0.717) is 0 Å². The highest BCUT2D eigenvalue weighted by Gasteiger charge is 2.57. The minimum Gasteiger partial charge on any atom is -0.395 e. The third kappa shape index (κ3) is 4.43. The quantitative estimate of drug-likeness (QED) is 0.181. The van der Waals surface area contributed by atoms with Gasteiger partial charge in [-0.1, -0.05) is 0 Å². The van der Waals surface area contributed by atoms with E-state index >= 15 is 0 Å². The molecule has 13 heteroatoms. The summed E-state index contributed by atoms with van der Waals surface area (Å²) in [5.41, 5.74) is -2.27. The van der Waals surface area contributed by atoms with Gasteiger partial charge in [-0.2, -0.15) is 0 Å². The first-order chi connectivity index (χ1) is 13.6. The normalized spacial score (nSPS) is 46.4. The molecule has 1 heterocycles. The molecule has 2 fully saturated rings. The first-order valence-electron chi connectivity index (χ1n) is 9.25. The van der Waals surface area contributed by atoms with E-state index < -0.39 is 99.5 Å². The Labute approximate surface area is 166 Å². The average molecular weight is 429 g/mol. The molecule has 1 aliphatic heterocycles. The molecule has 0 bridgehead atoms. The van der Waals surface area contributed by atoms with Gasteiger partial charge in [0.15, 0.2) is 0 Å². The Hall–Kier alpha value is -0.520. The molecule has 0 aromatic rings. The van der Waals surface area contributed by atoms with Gasteiger partial charge < -0.3 is 60.9 Å². The molecule has 29 heavy (non-hydrogen) atoms. The maximum absolute atomic E-state index is 10.5. The Morgan fingerprint density at radius 1 is 0.828 bits per heavy atom. The fourth-order valence-electron chi connectivity index (χ4n) is 4.02. The standard InChI is InChI=1S/C16H31NO12/c18-2-6(3-19)17(15-13(26)11(24)10(23)8(4-20)29-15)7-1-16(28,5-21)14(27)12(25)9(7)22/h6-15,18-28H,1-5H2/t7-,8+,9-,10+,11-,12+,13+,14-,15?,16-/m0/s1. The van der Waals surface area contributed by atoms with Crippen LogP contribution in [0.2, 0.25) is 0 Å². The summed E-state index contributed by atoms with van der Waals surface area (Å²) in [5.74, 6) is 0. The van der Waals surface area contributed by atoms with Gasteiger partial charge in [0.2, 0.25) is 0 Å². The van der Waals surface area contributed by atoms with E-state index in [4.69, 9.17) is 4.74 Å². The fourth-order valence-corrected chi connectivity index (χ4v) is 4.02. The number of rotatable bonds is 7. The van der Waals surface area contributed by atoms with Crippen LogP contribution in [-0.2, 0) is 4.74 Å². The largest absolute Gasteiger partial charge is 0.395 e. The monoisotopic (exact) mass is 429 g/mol. The lowest BCUT2D eigenvalue weighted by Crippen LogP contribution is -2.73. The van der Waals surface area contributed by atoms with Crippen molar-refractivity contribution in [2.24, 2.45) is 0 Å². The van der Waals surface area contributed by atoms with Gasteiger partial charge in [-0.15, -0.1) is 0 Å². The van der Waals surface area contributed by atoms with Gasteiger partial charge in [0.1, 0.15) is 48.5 Å². The van der Waals surface area contributed by atoms with Crippen molar-refractivity contribution in [1.29, 1.82) is 0 Å². The molecule has 1 saturated heterocycles. The summed E-state index contributed by atoms with van der Waals surface area (Å²) >= 11 is 0. The molecule has 11 N–H and O–H groups in total. The molecule has 1 saturated carbocycles. The zero-order valence-electron chi connectivity index (χ0n) is 15.6. The van der Waals surface area contributed by atoms with E-state index in [9.17, 15) is 56.2 Å². The van der Waals surface area contributed by atoms with Gasteiger partial charge in [0, 0.05) is 6.04 Å². The third-order valence-electron chi connectivity index (χ3n) is 5.84. The zero-order chi connectivity index (χ0) is 22.1. The van der Waals surface area contributed by atoms with Crippen molar-refractivity contribution in [3.05, 3.63) is 0 Å². The lowest BCUT2D eigenvalue weighted by Gasteiger charge is -2.54. The van der Waals surface area contributed by atoms with Crippen LogP contribution in [0.1, 0.15) is 6.42 Å². The summed E-state index contributed by atoms with van der Waals surface area (Å²) in [7, 11) is 0. The van der Waals surface area contributed by atoms with Crippen LogP contribution in [0.3, 0.4) is 0 Å². The van der Waals surface area contributed by atoms with Crippen LogP contribution in [0.4, 0.5) is 0 Å². The highest BCUT2D eigenvalue weighted by molar-refractivity contribution is 5.07. The van der Waals surface area contributed by atoms with Gasteiger partial charge in [-0.3, -0.25) is 4.90 Å². The molecule has 0 radical (unpaired) electrons. The molecule has 0 amide bonds. The number of hydrogen-bond acceptors (Lipinski definition) is 13. The average Bonchev–Trinajstić information content (AvgIpc) is 2.72. The number of hydrogen-bond donors (Lipinski definition) is 11. The summed E-state index contributed by atoms with van der Waals surface area (Å²) in [6.45, 7) is -3.25. The zero-order valence-corrected chi connectivity index (χ0v) is 15.6. The highest BCUT2D eigenvalue weighted by atomic mass is 16.6. The van der Waals surface area contributed by atoms with Crippen LogP contribution < -0.4 is 0 Å². The molecule has 0 aromatic carbocycles. The molecule has 1 unspecified atom stereocenters. The van der Waals surface area contributed by atoms with E-state index in [-0.39, 0.29) is 0 Å². The molecule has 0 aromatic heterocycles. The molecule has 13 nitrogen and oxygen atoms in total. The molecular weight excluding hydrogens is 398 g/mol. The van der Waals surface area contributed by atoms with Crippen molar-refractivity contribution < 1.29 is 60.9 Å². The first kappa shape index (κ1) is 24.7. The van der Waals surface area contributed by atoms with Crippen LogP contribution in [0, 0.1) is 0 Å². The summed E-state index contributed by atoms with van der Waals surface area (Å²) < 4.78 is 5.44. The molecule has 1 aliphatic carbocycles. The second kappa shape index (κ2) is 9.74. The lowest BCUT2D eigenvalue weighted by molar-refractivity contribution is -0.297. The van der Waals surface area contributed by atoms with E-state index in [0.717, 1.165) is 4.90 Å². The number of aliphatic hydroxyl groups is 11. The Morgan fingerprint density at radius 2 is 1.41 bits per heavy atom. The van der Waals surface area contributed by atoms with Crippen LogP contribution in [0.15, 0.2) is 0 Å². The molecule has 10 atom stereocenters. The van der Waals surface area contributed by atoms with E-state index in [1.165, 1.54) is 0 Å². The number of aliphatic hydroxyl groups excluding tert-OH is 10. The summed E-state index contributed by atoms with van der Waals surface area (Å²) in [4.78, 5) is 0.989. The van der Waals surface area contributed by atoms with Gasteiger partial charge in [-0.05, 0) is 6.42 Å². The van der Waals surface area contributed by atoms with Crippen LogP contribution in [-0.4, -0.2) is 154 Å². The van der Waals surface area contributed by atoms with E-state index in [1.807, 2.05) is 0 Å². The molecule has 0 spiro atoms. The SMILES string of the molecule is OCC(CO)N(C1O[C@H](CO)[C@@H](O)[C@H](O)[C@H]1O)[C@H]1C[C@](O)(CO)[C@@H](O)[C@H](O)[C@H]1O. The Morgan fingerprint density at radius 3 is 1.90 bits per heavy atom. The number of ether oxygens (including phenoxy) is 1. The van der Waals surface area contributed by atoms with E-state index in [1.54, 1.807) is 0 Å². The predicted octanol–water partition coefficient (Wildman–Crippen LogP) is -6.98. The molecular formula is C16H31NO12. The van der Waals surface area contributed by atoms with Gasteiger partial charge in [-0.25, -0.2) is 0 Å². The van der Waals surface area contributed by atoms with Crippen LogP contribution in [0.25, 0.3) is 0 Å². The highest BCUT2D eigenvalue weighted by Crippen LogP contribution is 2.36. The van der Waals surface area contributed by atoms with Gasteiger partial charge >= 0.3 is 0 Å². The maximum atomic E-state index is 10.5. The van der Waals surface area contributed by atoms with Crippen molar-refractivity contribution >= 4 is 0 Å². The van der Waals surface area contributed by atoms with Crippen molar-refractivity contribution in [2.45, 2.75) is 73.1 Å². The summed E-state index contributed by atoms with van der Waals surface area (Å²) in [5, 5.41) is 110. The van der Waals surface area contributed by atoms with Gasteiger partial charge in [0.25, 0.3) is 0 Å². The Balaban J connectivity index is 2.47. The number of nitrogens with zero attached hydrogens (tertiary/aromatic N) is 1. The van der Waals surface area contributed by atoms with Crippen molar-refractivity contribution in [3.63, 3.8) is 0 Å². The Kier molecular flexibility index (Phi) is 8.31. The maximum Gasteiger partial charge on any atom is 0.140 e. The van der Waals surface area contributed by atoms with Crippen molar-refractivity contribution in [2.75, 3.05) is 26.4 Å². The minimum absolute atomic E-state index is 0.575. The third-order valence-corrected chi connectivity index (χ3v) is 5.84. The molecule has 2 rings (SSSR count). The molecule has 2 aliphatic rings. The summed E-state index contributed by atoms with van der Waals surface area (Å²) in [6.07, 6.45) is -14.5. The van der Waals surface area contributed by atoms with Crippen molar-refractivity contribution in [3.8, 4) is 0 Å². The first-order valence-corrected chi connectivity index (χ1v) is 9.25. The topological polar surface area (TPSA) is 235 Å². The van der Waals surface area contributed by atoms with Crippen LogP contribution in [0.5, 0.6) is 0 Å². The smallest absolute Gasteiger partial charge is 0.140 e.